The van der Waals surface area contributed by atoms with Gasteiger partial charge in [0, 0.05) is 7.11 Å². The minimum absolute atomic E-state index is 1.20. The summed E-state index contributed by atoms with van der Waals surface area (Å²) in [5.41, 5.74) is 0. The third-order valence-electron chi connectivity index (χ3n) is 1.68. The summed E-state index contributed by atoms with van der Waals surface area (Å²) >= 11 is 0. The van der Waals surface area contributed by atoms with Crippen molar-refractivity contribution in [3.05, 3.63) is 0 Å². The molecule has 0 N–H and O–H groups in total. The van der Waals surface area contributed by atoms with Crippen molar-refractivity contribution in [3.8, 4) is 0 Å². The predicted molar refractivity (Wildman–Crippen MR) is 44.2 cm³/mol. The third-order valence-corrected chi connectivity index (χ3v) is 4.35. The second-order valence-electron chi connectivity index (χ2n) is 3.07. The first-order valence-electron chi connectivity index (χ1n) is 3.67. The normalized spacial score (nSPS) is 12.0. The van der Waals surface area contributed by atoms with Crippen LogP contribution in [0.25, 0.3) is 0 Å². The van der Waals surface area contributed by atoms with Gasteiger partial charge in [0.15, 0.2) is 8.32 Å². The first kappa shape index (κ1) is 9.18. The Morgan fingerprint density at radius 3 is 2.22 bits per heavy atom. The largest absolute Gasteiger partial charge is 0.420 e. The molecule has 0 atom stereocenters. The quantitative estimate of drug-likeness (QED) is 0.554. The van der Waals surface area contributed by atoms with Crippen molar-refractivity contribution in [1.82, 2.24) is 0 Å². The summed E-state index contributed by atoms with van der Waals surface area (Å²) in [6.07, 6.45) is 2.62. The van der Waals surface area contributed by atoms with Gasteiger partial charge in [0.2, 0.25) is 0 Å². The van der Waals surface area contributed by atoms with E-state index in [9.17, 15) is 0 Å². The van der Waals surface area contributed by atoms with Gasteiger partial charge >= 0.3 is 0 Å². The molecule has 0 heterocycles. The molecule has 0 aliphatic rings. The van der Waals surface area contributed by atoms with E-state index in [0.717, 1.165) is 0 Å². The van der Waals surface area contributed by atoms with E-state index in [4.69, 9.17) is 4.43 Å². The van der Waals surface area contributed by atoms with Crippen LogP contribution in [-0.2, 0) is 4.43 Å². The zero-order chi connectivity index (χ0) is 7.33. The van der Waals surface area contributed by atoms with Crippen LogP contribution in [0.3, 0.4) is 0 Å². The van der Waals surface area contributed by atoms with Gasteiger partial charge in [-0.25, -0.2) is 0 Å². The van der Waals surface area contributed by atoms with Crippen LogP contribution in [-0.4, -0.2) is 15.4 Å². The topological polar surface area (TPSA) is 9.23 Å². The molecule has 2 heteroatoms. The standard InChI is InChI=1S/C7H18OSi/c1-5-6-7-9(3,4)8-2/h5-7H2,1-4H3. The van der Waals surface area contributed by atoms with Crippen LogP contribution in [0.4, 0.5) is 0 Å². The molecule has 0 bridgehead atoms. The van der Waals surface area contributed by atoms with Crippen molar-refractivity contribution in [3.63, 3.8) is 0 Å². The molecule has 0 fully saturated rings. The molecule has 56 valence electrons. The van der Waals surface area contributed by atoms with Crippen molar-refractivity contribution in [2.45, 2.75) is 38.9 Å². The molecule has 0 amide bonds. The van der Waals surface area contributed by atoms with Gasteiger partial charge in [-0.3, -0.25) is 0 Å². The lowest BCUT2D eigenvalue weighted by Crippen LogP contribution is -2.27. The smallest absolute Gasteiger partial charge is 0.186 e. The third kappa shape index (κ3) is 4.67. The molecule has 0 unspecified atom stereocenters. The molecule has 9 heavy (non-hydrogen) atoms. The summed E-state index contributed by atoms with van der Waals surface area (Å²) in [5.74, 6) is 0. The zero-order valence-electron chi connectivity index (χ0n) is 7.03. The van der Waals surface area contributed by atoms with E-state index in [2.05, 4.69) is 20.0 Å². The Morgan fingerprint density at radius 1 is 1.33 bits per heavy atom. The second-order valence-corrected chi connectivity index (χ2v) is 7.50. The molecule has 0 aliphatic carbocycles. The average molecular weight is 146 g/mol. The summed E-state index contributed by atoms with van der Waals surface area (Å²) in [5, 5.41) is 0. The Labute approximate surface area is 59.5 Å². The summed E-state index contributed by atoms with van der Waals surface area (Å²) in [4.78, 5) is 0. The first-order chi connectivity index (χ1) is 4.12. The van der Waals surface area contributed by atoms with Crippen molar-refractivity contribution in [2.24, 2.45) is 0 Å². The number of rotatable bonds is 4. The van der Waals surface area contributed by atoms with Crippen LogP contribution in [0.1, 0.15) is 19.8 Å². The molecule has 0 saturated carbocycles. The fourth-order valence-corrected chi connectivity index (χ4v) is 2.11. The fourth-order valence-electron chi connectivity index (χ4n) is 0.705. The molecule has 0 aliphatic heterocycles. The SMILES string of the molecule is CCCC[Si](C)(C)OC. The Morgan fingerprint density at radius 2 is 1.89 bits per heavy atom. The maximum Gasteiger partial charge on any atom is 0.186 e. The van der Waals surface area contributed by atoms with Crippen LogP contribution in [0.5, 0.6) is 0 Å². The lowest BCUT2D eigenvalue weighted by molar-refractivity contribution is 0.402. The van der Waals surface area contributed by atoms with Gasteiger partial charge in [0.25, 0.3) is 0 Å². The fraction of sp³-hybridized carbons (Fsp3) is 1.00. The minimum atomic E-state index is -1.20. The van der Waals surface area contributed by atoms with Gasteiger partial charge in [0.1, 0.15) is 0 Å². The molecule has 0 aromatic rings. The maximum atomic E-state index is 5.38. The average Bonchev–Trinajstić information content (AvgIpc) is 1.84. The Balaban J connectivity index is 3.33. The van der Waals surface area contributed by atoms with E-state index in [1.807, 2.05) is 7.11 Å². The van der Waals surface area contributed by atoms with Crippen molar-refractivity contribution in [1.29, 1.82) is 0 Å². The summed E-state index contributed by atoms with van der Waals surface area (Å²) in [7, 11) is 0.637. The van der Waals surface area contributed by atoms with E-state index in [0.29, 0.717) is 0 Å². The highest BCUT2D eigenvalue weighted by molar-refractivity contribution is 6.71. The van der Waals surface area contributed by atoms with Crippen LogP contribution in [0, 0.1) is 0 Å². The van der Waals surface area contributed by atoms with Gasteiger partial charge < -0.3 is 4.43 Å². The van der Waals surface area contributed by atoms with Gasteiger partial charge in [-0.1, -0.05) is 19.8 Å². The Hall–Kier alpha value is 0.177. The van der Waals surface area contributed by atoms with Crippen molar-refractivity contribution < 1.29 is 4.43 Å². The van der Waals surface area contributed by atoms with E-state index in [-0.39, 0.29) is 0 Å². The number of hydrogen-bond acceptors (Lipinski definition) is 1. The predicted octanol–water partition coefficient (Wildman–Crippen LogP) is 2.64. The van der Waals surface area contributed by atoms with Crippen molar-refractivity contribution in [2.75, 3.05) is 7.11 Å². The maximum absolute atomic E-state index is 5.38. The lowest BCUT2D eigenvalue weighted by Gasteiger charge is -2.18. The summed E-state index contributed by atoms with van der Waals surface area (Å²) in [6, 6.07) is 1.31. The Kier molecular flexibility index (Phi) is 4.15. The van der Waals surface area contributed by atoms with Gasteiger partial charge in [-0.15, -0.1) is 0 Å². The zero-order valence-corrected chi connectivity index (χ0v) is 8.03. The number of unbranched alkanes of at least 4 members (excludes halogenated alkanes) is 1. The van der Waals surface area contributed by atoms with E-state index < -0.39 is 8.32 Å². The van der Waals surface area contributed by atoms with Crippen LogP contribution in [0.15, 0.2) is 0 Å². The molecular formula is C7H18OSi. The summed E-state index contributed by atoms with van der Waals surface area (Å²) in [6.45, 7) is 6.76. The van der Waals surface area contributed by atoms with Crippen LogP contribution < -0.4 is 0 Å². The molecule has 0 radical (unpaired) electrons. The summed E-state index contributed by atoms with van der Waals surface area (Å²) < 4.78 is 5.38. The van der Waals surface area contributed by atoms with E-state index in [1.54, 1.807) is 0 Å². The van der Waals surface area contributed by atoms with Crippen molar-refractivity contribution >= 4 is 8.32 Å². The molecule has 0 aromatic carbocycles. The van der Waals surface area contributed by atoms with E-state index >= 15 is 0 Å². The van der Waals surface area contributed by atoms with Gasteiger partial charge in [-0.05, 0) is 19.1 Å². The molecule has 0 rings (SSSR count). The monoisotopic (exact) mass is 146 g/mol. The van der Waals surface area contributed by atoms with Gasteiger partial charge in [-0.2, -0.15) is 0 Å². The second kappa shape index (κ2) is 4.07. The first-order valence-corrected chi connectivity index (χ1v) is 6.79. The highest BCUT2D eigenvalue weighted by Gasteiger charge is 2.18. The molecule has 1 nitrogen and oxygen atoms in total. The molecular weight excluding hydrogens is 128 g/mol. The van der Waals surface area contributed by atoms with Crippen LogP contribution in [0.2, 0.25) is 19.1 Å². The highest BCUT2D eigenvalue weighted by Crippen LogP contribution is 2.12. The lowest BCUT2D eigenvalue weighted by atomic mass is 10.4. The highest BCUT2D eigenvalue weighted by atomic mass is 28.4. The van der Waals surface area contributed by atoms with E-state index in [1.165, 1.54) is 18.9 Å². The van der Waals surface area contributed by atoms with Crippen LogP contribution >= 0.6 is 0 Å². The minimum Gasteiger partial charge on any atom is -0.420 e. The molecule has 0 aromatic heterocycles. The number of hydrogen-bond donors (Lipinski definition) is 0. The molecule has 0 saturated heterocycles. The Bertz CT molecular complexity index is 71.3. The molecule has 0 spiro atoms. The van der Waals surface area contributed by atoms with Gasteiger partial charge in [0.05, 0.1) is 0 Å².